The summed E-state index contributed by atoms with van der Waals surface area (Å²) in [5, 5.41) is 16.5. The number of amides is 1. The topological polar surface area (TPSA) is 78.4 Å². The molecule has 4 rings (SSSR count). The highest BCUT2D eigenvalue weighted by Crippen LogP contribution is 2.25. The van der Waals surface area contributed by atoms with Crippen molar-refractivity contribution in [1.82, 2.24) is 20.1 Å². The van der Waals surface area contributed by atoms with Gasteiger partial charge in [0, 0.05) is 19.5 Å². The van der Waals surface area contributed by atoms with Gasteiger partial charge in [-0.25, -0.2) is 10.1 Å². The molecule has 32 heavy (non-hydrogen) atoms. The molecule has 170 valence electrons. The van der Waals surface area contributed by atoms with E-state index in [1.807, 2.05) is 17.8 Å². The standard InChI is InChI=1S/C24H33N7O/c1-17(2)31-21(12-13-25-31)26-23(32)19(4)16-22-27-28-24(29-14-6-5-7-15-29)30(22)20-10-8-18(3)9-11-20/h8-11,13,17,19H,5-7,12,14-16H2,1-4H3/p+1. The minimum absolute atomic E-state index is 0.0193. The van der Waals surface area contributed by atoms with Gasteiger partial charge in [-0.05, 0) is 52.2 Å². The highest BCUT2D eigenvalue weighted by atomic mass is 16.2. The van der Waals surface area contributed by atoms with Gasteiger partial charge in [0.15, 0.2) is 0 Å². The van der Waals surface area contributed by atoms with Gasteiger partial charge < -0.3 is 4.90 Å². The fourth-order valence-electron chi connectivity index (χ4n) is 4.26. The molecule has 1 atom stereocenters. The lowest BCUT2D eigenvalue weighted by Crippen LogP contribution is -2.40. The van der Waals surface area contributed by atoms with Crippen molar-refractivity contribution in [3.8, 4) is 5.69 Å². The summed E-state index contributed by atoms with van der Waals surface area (Å²) in [5.41, 5.74) is 2.24. The molecule has 1 fully saturated rings. The lowest BCUT2D eigenvalue weighted by molar-refractivity contribution is -0.562. The molecule has 2 aromatic rings. The smallest absolute Gasteiger partial charge is 0.310 e. The number of rotatable bonds is 6. The maximum atomic E-state index is 13.0. The van der Waals surface area contributed by atoms with Gasteiger partial charge in [-0.3, -0.25) is 4.57 Å². The molecule has 8 nitrogen and oxygen atoms in total. The van der Waals surface area contributed by atoms with E-state index in [1.54, 1.807) is 0 Å². The fourth-order valence-corrected chi connectivity index (χ4v) is 4.26. The lowest BCUT2D eigenvalue weighted by atomic mass is 10.1. The maximum Gasteiger partial charge on any atom is 0.310 e. The third-order valence-electron chi connectivity index (χ3n) is 6.10. The molecule has 2 aliphatic heterocycles. The zero-order valence-corrected chi connectivity index (χ0v) is 19.6. The minimum atomic E-state index is -0.250. The third kappa shape index (κ3) is 4.74. The van der Waals surface area contributed by atoms with Crippen LogP contribution < -0.4 is 10.2 Å². The van der Waals surface area contributed by atoms with Crippen LogP contribution in [0.4, 0.5) is 5.95 Å². The molecule has 0 aliphatic carbocycles. The van der Waals surface area contributed by atoms with Gasteiger partial charge in [0.05, 0.1) is 24.2 Å². The Morgan fingerprint density at radius 2 is 1.81 bits per heavy atom. The predicted octanol–water partition coefficient (Wildman–Crippen LogP) is 3.07. The first-order valence-electron chi connectivity index (χ1n) is 11.7. The van der Waals surface area contributed by atoms with Crippen LogP contribution in [0.3, 0.4) is 0 Å². The quantitative estimate of drug-likeness (QED) is 0.706. The summed E-state index contributed by atoms with van der Waals surface area (Å²) >= 11 is 0. The van der Waals surface area contributed by atoms with E-state index < -0.39 is 0 Å². The first-order chi connectivity index (χ1) is 15.4. The molecule has 0 saturated carbocycles. The highest BCUT2D eigenvalue weighted by molar-refractivity contribution is 6.02. The number of benzene rings is 1. The zero-order chi connectivity index (χ0) is 22.7. The summed E-state index contributed by atoms with van der Waals surface area (Å²) in [6, 6.07) is 8.62. The van der Waals surface area contributed by atoms with Crippen LogP contribution in [0.1, 0.15) is 57.8 Å². The Kier molecular flexibility index (Phi) is 6.67. The number of hydrogen-bond acceptors (Lipinski definition) is 5. The van der Waals surface area contributed by atoms with Crippen LogP contribution in [0.5, 0.6) is 0 Å². The van der Waals surface area contributed by atoms with Gasteiger partial charge in [0.1, 0.15) is 11.9 Å². The van der Waals surface area contributed by atoms with Crippen molar-refractivity contribution >= 4 is 23.9 Å². The molecule has 3 heterocycles. The Labute approximate surface area is 190 Å². The van der Waals surface area contributed by atoms with Crippen LogP contribution in [0, 0.1) is 12.8 Å². The van der Waals surface area contributed by atoms with Crippen molar-refractivity contribution in [2.75, 3.05) is 18.0 Å². The van der Waals surface area contributed by atoms with Gasteiger partial charge in [-0.15, -0.1) is 14.9 Å². The van der Waals surface area contributed by atoms with Crippen LogP contribution >= 0.6 is 0 Å². The number of hydrogen-bond donors (Lipinski definition) is 1. The molecular formula is C24H34N7O+. The number of nitrogens with one attached hydrogen (secondary N) is 1. The molecule has 1 aromatic carbocycles. The Morgan fingerprint density at radius 1 is 1.09 bits per heavy atom. The van der Waals surface area contributed by atoms with Gasteiger partial charge >= 0.3 is 5.91 Å². The van der Waals surface area contributed by atoms with Crippen molar-refractivity contribution in [2.24, 2.45) is 11.0 Å². The minimum Gasteiger partial charge on any atom is -0.341 e. The van der Waals surface area contributed by atoms with E-state index in [0.29, 0.717) is 12.8 Å². The Bertz CT molecular complexity index is 1010. The monoisotopic (exact) mass is 436 g/mol. The molecule has 8 heteroatoms. The Morgan fingerprint density at radius 3 is 2.50 bits per heavy atom. The van der Waals surface area contributed by atoms with Crippen molar-refractivity contribution in [3.05, 3.63) is 35.7 Å². The van der Waals surface area contributed by atoms with E-state index in [4.69, 9.17) is 0 Å². The summed E-state index contributed by atoms with van der Waals surface area (Å²) in [5.74, 6) is 2.26. The molecule has 1 unspecified atom stereocenters. The average molecular weight is 437 g/mol. The van der Waals surface area contributed by atoms with Crippen LogP contribution in [0.15, 0.2) is 29.4 Å². The fraction of sp³-hybridized carbons (Fsp3) is 0.542. The summed E-state index contributed by atoms with van der Waals surface area (Å²) in [6.07, 6.45) is 6.59. The van der Waals surface area contributed by atoms with Gasteiger partial charge in [-0.2, -0.15) is 0 Å². The van der Waals surface area contributed by atoms with E-state index in [9.17, 15) is 4.79 Å². The second-order valence-electron chi connectivity index (χ2n) is 9.12. The summed E-state index contributed by atoms with van der Waals surface area (Å²) < 4.78 is 3.99. The van der Waals surface area contributed by atoms with E-state index in [0.717, 1.165) is 36.4 Å². The van der Waals surface area contributed by atoms with Crippen molar-refractivity contribution in [2.45, 2.75) is 65.8 Å². The number of anilines is 1. The van der Waals surface area contributed by atoms with E-state index in [-0.39, 0.29) is 17.9 Å². The normalized spacial score (nSPS) is 17.3. The second kappa shape index (κ2) is 9.63. The van der Waals surface area contributed by atoms with Crippen molar-refractivity contribution < 1.29 is 9.48 Å². The summed E-state index contributed by atoms with van der Waals surface area (Å²) in [7, 11) is 0. The van der Waals surface area contributed by atoms with E-state index in [2.05, 4.69) is 75.1 Å². The summed E-state index contributed by atoms with van der Waals surface area (Å²) in [6.45, 7) is 10.1. The molecule has 1 amide bonds. The molecule has 1 N–H and O–H groups in total. The van der Waals surface area contributed by atoms with Crippen LogP contribution in [0.2, 0.25) is 0 Å². The van der Waals surface area contributed by atoms with Gasteiger partial charge in [0.2, 0.25) is 5.95 Å². The van der Waals surface area contributed by atoms with E-state index in [1.165, 1.54) is 24.8 Å². The lowest BCUT2D eigenvalue weighted by Gasteiger charge is -2.28. The number of piperidine rings is 1. The Balaban J connectivity index is 1.57. The van der Waals surface area contributed by atoms with Crippen molar-refractivity contribution in [3.63, 3.8) is 0 Å². The average Bonchev–Trinajstić information content (AvgIpc) is 3.42. The largest absolute Gasteiger partial charge is 0.341 e. The number of hydrazone groups is 1. The van der Waals surface area contributed by atoms with Gasteiger partial charge in [-0.1, -0.05) is 29.7 Å². The number of amidine groups is 1. The highest BCUT2D eigenvalue weighted by Gasteiger charge is 2.29. The van der Waals surface area contributed by atoms with Crippen LogP contribution in [0.25, 0.3) is 5.69 Å². The summed E-state index contributed by atoms with van der Waals surface area (Å²) in [4.78, 5) is 15.3. The number of carbonyl (C=O) groups excluding carboxylic acids is 1. The number of carbonyl (C=O) groups is 1. The third-order valence-corrected chi connectivity index (χ3v) is 6.10. The molecule has 0 radical (unpaired) electrons. The molecule has 1 saturated heterocycles. The van der Waals surface area contributed by atoms with Crippen LogP contribution in [-0.4, -0.2) is 56.5 Å². The molecule has 2 aliphatic rings. The molecule has 1 aromatic heterocycles. The SMILES string of the molecule is Cc1ccc(-n2c(CC(C)C(=O)NC3=[N+](C(C)C)N=CC3)nnc2N2CCCCC2)cc1. The number of aromatic nitrogens is 3. The molecule has 0 spiro atoms. The van der Waals surface area contributed by atoms with E-state index >= 15 is 0 Å². The second-order valence-corrected chi connectivity index (χ2v) is 9.12. The molecular weight excluding hydrogens is 402 g/mol. The number of aryl methyl sites for hydroxylation is 1. The van der Waals surface area contributed by atoms with Crippen molar-refractivity contribution in [1.29, 1.82) is 0 Å². The van der Waals surface area contributed by atoms with Crippen LogP contribution in [-0.2, 0) is 11.2 Å². The van der Waals surface area contributed by atoms with Gasteiger partial charge in [0.25, 0.3) is 5.84 Å². The Hall–Kier alpha value is -3.03. The first-order valence-corrected chi connectivity index (χ1v) is 11.7. The zero-order valence-electron chi connectivity index (χ0n) is 19.6. The predicted molar refractivity (Wildman–Crippen MR) is 127 cm³/mol. The maximum absolute atomic E-state index is 13.0. The first kappa shape index (κ1) is 22.2. The molecule has 0 bridgehead atoms. The number of nitrogens with zero attached hydrogens (tertiary/aromatic N) is 6.